The van der Waals surface area contributed by atoms with Crippen LogP contribution in [0.15, 0.2) is 73.1 Å². The molecule has 300 valence electrons. The first-order valence-corrected chi connectivity index (χ1v) is 19.5. The number of hydrogen-bond donors (Lipinski definition) is 5. The molecule has 1 unspecified atom stereocenters. The molecule has 0 bridgehead atoms. The first-order valence-electron chi connectivity index (χ1n) is 19.5. The third kappa shape index (κ3) is 15.6. The summed E-state index contributed by atoms with van der Waals surface area (Å²) in [4.78, 5) is 17.4. The van der Waals surface area contributed by atoms with Crippen LogP contribution >= 0.6 is 0 Å². The molecule has 5 N–H and O–H groups in total. The molecule has 0 radical (unpaired) electrons. The summed E-state index contributed by atoms with van der Waals surface area (Å²) in [6.45, 7) is 7.92. The van der Waals surface area contributed by atoms with Crippen molar-refractivity contribution in [3.05, 3.63) is 84.2 Å². The van der Waals surface area contributed by atoms with Crippen molar-refractivity contribution in [1.82, 2.24) is 15.2 Å². The first-order chi connectivity index (χ1) is 26.8. The highest BCUT2D eigenvalue weighted by Crippen LogP contribution is 2.30. The van der Waals surface area contributed by atoms with Gasteiger partial charge in [-0.2, -0.15) is 0 Å². The third-order valence-corrected chi connectivity index (χ3v) is 9.64. The van der Waals surface area contributed by atoms with Crippen LogP contribution in [-0.2, 0) is 23.7 Å². The molecule has 4 rings (SSSR count). The molecule has 1 atom stereocenters. The zero-order valence-electron chi connectivity index (χ0n) is 32.9. The molecule has 0 saturated carbocycles. The molecule has 1 fully saturated rings. The van der Waals surface area contributed by atoms with Crippen molar-refractivity contribution in [2.24, 2.45) is 0 Å². The maximum absolute atomic E-state index is 11.0. The molecule has 1 aliphatic rings. The standard InChI is InChI=1S/C42H61N7O6/c1-33(34-13-15-38(16-14-34)55-27-7-5-4-6-25-52-28-30-54-31-29-53-26-9-12-39(50)51-3)46-36-10-8-11-37(32-36)48-42(19-23-49(2)24-20-42)41(44)47-40(43)35-17-21-45-22-18-35/h8,10-11,13-18,21-22,32-33,46,48H,4-7,9,12,19-20,23-31H2,1-3H3,(H3,43,44,47). The second-order valence-corrected chi connectivity index (χ2v) is 13.9. The van der Waals surface area contributed by atoms with Gasteiger partial charge in [0.15, 0.2) is 0 Å². The van der Waals surface area contributed by atoms with Crippen LogP contribution in [0.1, 0.15) is 75.5 Å². The van der Waals surface area contributed by atoms with Crippen molar-refractivity contribution in [1.29, 1.82) is 10.8 Å². The number of piperidine rings is 1. The summed E-state index contributed by atoms with van der Waals surface area (Å²) in [7, 11) is 3.49. The first kappa shape index (κ1) is 43.2. The van der Waals surface area contributed by atoms with Crippen LogP contribution in [0, 0.1) is 10.8 Å². The second-order valence-electron chi connectivity index (χ2n) is 13.9. The maximum atomic E-state index is 11.0. The lowest BCUT2D eigenvalue weighted by atomic mass is 9.85. The Balaban J connectivity index is 1.10. The lowest BCUT2D eigenvalue weighted by Gasteiger charge is -2.42. The van der Waals surface area contributed by atoms with Crippen LogP contribution in [0.3, 0.4) is 0 Å². The second kappa shape index (κ2) is 24.1. The lowest BCUT2D eigenvalue weighted by molar-refractivity contribution is -0.141. The summed E-state index contributed by atoms with van der Waals surface area (Å²) in [5.74, 6) is 1.14. The molecule has 13 nitrogen and oxygen atoms in total. The van der Waals surface area contributed by atoms with E-state index in [2.05, 4.69) is 68.8 Å². The van der Waals surface area contributed by atoms with Crippen LogP contribution in [0.4, 0.5) is 11.4 Å². The number of hydrogen-bond acceptors (Lipinski definition) is 12. The van der Waals surface area contributed by atoms with Gasteiger partial charge in [-0.05, 0) is 101 Å². The van der Waals surface area contributed by atoms with Gasteiger partial charge in [0.1, 0.15) is 17.4 Å². The quantitative estimate of drug-likeness (QED) is 0.0272. The molecule has 3 aromatic rings. The van der Waals surface area contributed by atoms with Gasteiger partial charge in [0.2, 0.25) is 0 Å². The summed E-state index contributed by atoms with van der Waals surface area (Å²) in [5, 5.41) is 28.0. The molecule has 13 heteroatoms. The van der Waals surface area contributed by atoms with Crippen LogP contribution in [-0.4, -0.2) is 107 Å². The zero-order chi connectivity index (χ0) is 39.1. The number of methoxy groups -OCH3 is 1. The van der Waals surface area contributed by atoms with Crippen molar-refractivity contribution in [2.45, 2.75) is 69.9 Å². The summed E-state index contributed by atoms with van der Waals surface area (Å²) >= 11 is 0. The summed E-state index contributed by atoms with van der Waals surface area (Å²) < 4.78 is 27.2. The Labute approximate surface area is 326 Å². The number of carbonyl (C=O) groups excluding carboxylic acids is 1. The Bertz CT molecular complexity index is 1570. The summed E-state index contributed by atoms with van der Waals surface area (Å²) in [6, 6.07) is 20.1. The average molecular weight is 760 g/mol. The van der Waals surface area contributed by atoms with E-state index in [-0.39, 0.29) is 17.8 Å². The number of nitrogens with one attached hydrogen (secondary N) is 5. The Kier molecular flexibility index (Phi) is 18.9. The fourth-order valence-electron chi connectivity index (χ4n) is 6.23. The predicted octanol–water partition coefficient (Wildman–Crippen LogP) is 6.67. The van der Waals surface area contributed by atoms with E-state index < -0.39 is 5.54 Å². The van der Waals surface area contributed by atoms with Crippen molar-refractivity contribution < 1.29 is 28.5 Å². The fraction of sp³-hybridized carbons (Fsp3) is 0.524. The Morgan fingerprint density at radius 3 is 2.11 bits per heavy atom. The van der Waals surface area contributed by atoms with Gasteiger partial charge in [0.25, 0.3) is 0 Å². The van der Waals surface area contributed by atoms with Gasteiger partial charge in [-0.15, -0.1) is 0 Å². The normalized spacial score (nSPS) is 14.5. The number of likely N-dealkylation sites (tertiary alicyclic amines) is 1. The number of esters is 1. The van der Waals surface area contributed by atoms with E-state index in [9.17, 15) is 4.79 Å². The van der Waals surface area contributed by atoms with Crippen LogP contribution in [0.25, 0.3) is 0 Å². The number of ether oxygens (including phenoxy) is 5. The van der Waals surface area contributed by atoms with E-state index in [0.717, 1.165) is 80.9 Å². The van der Waals surface area contributed by atoms with Gasteiger partial charge in [-0.25, -0.2) is 0 Å². The molecule has 2 aromatic carbocycles. The van der Waals surface area contributed by atoms with Crippen LogP contribution in [0.5, 0.6) is 5.75 Å². The largest absolute Gasteiger partial charge is 0.494 e. The van der Waals surface area contributed by atoms with Crippen LogP contribution in [0.2, 0.25) is 0 Å². The van der Waals surface area contributed by atoms with Gasteiger partial charge in [-0.3, -0.25) is 20.6 Å². The van der Waals surface area contributed by atoms with Crippen LogP contribution < -0.4 is 20.7 Å². The van der Waals surface area contributed by atoms with E-state index >= 15 is 0 Å². The number of anilines is 2. The minimum atomic E-state index is -0.621. The number of carbonyl (C=O) groups is 1. The van der Waals surface area contributed by atoms with E-state index in [1.165, 1.54) is 7.11 Å². The smallest absolute Gasteiger partial charge is 0.305 e. The molecule has 2 heterocycles. The van der Waals surface area contributed by atoms with Gasteiger partial charge >= 0.3 is 5.97 Å². The Morgan fingerprint density at radius 1 is 0.818 bits per heavy atom. The molecular weight excluding hydrogens is 699 g/mol. The number of unbranched alkanes of at least 4 members (excludes halogenated alkanes) is 3. The minimum absolute atomic E-state index is 0.0700. The average Bonchev–Trinajstić information content (AvgIpc) is 3.20. The van der Waals surface area contributed by atoms with E-state index in [4.69, 9.17) is 29.8 Å². The predicted molar refractivity (Wildman–Crippen MR) is 218 cm³/mol. The minimum Gasteiger partial charge on any atom is -0.494 e. The number of pyridine rings is 1. The third-order valence-electron chi connectivity index (χ3n) is 9.64. The molecular formula is C42H61N7O6. The van der Waals surface area contributed by atoms with Gasteiger partial charge in [0.05, 0.1) is 45.7 Å². The van der Waals surface area contributed by atoms with E-state index in [1.807, 2.05) is 24.3 Å². The van der Waals surface area contributed by atoms with Gasteiger partial charge < -0.3 is 44.5 Å². The number of amidine groups is 2. The van der Waals surface area contributed by atoms with Crippen molar-refractivity contribution in [3.63, 3.8) is 0 Å². The highest BCUT2D eigenvalue weighted by molar-refractivity contribution is 6.10. The fourth-order valence-corrected chi connectivity index (χ4v) is 6.23. The molecule has 1 saturated heterocycles. The monoisotopic (exact) mass is 759 g/mol. The molecule has 55 heavy (non-hydrogen) atoms. The topological polar surface area (TPSA) is 163 Å². The Morgan fingerprint density at radius 2 is 1.44 bits per heavy atom. The molecule has 0 aliphatic carbocycles. The van der Waals surface area contributed by atoms with Gasteiger partial charge in [0, 0.05) is 68.1 Å². The summed E-state index contributed by atoms with van der Waals surface area (Å²) in [6.07, 6.45) is 10.0. The molecule has 1 aromatic heterocycles. The van der Waals surface area contributed by atoms with Gasteiger partial charge in [-0.1, -0.05) is 24.6 Å². The highest BCUT2D eigenvalue weighted by Gasteiger charge is 2.38. The Hall–Kier alpha value is -4.56. The number of benzene rings is 2. The number of nitrogens with zero attached hydrogens (tertiary/aromatic N) is 2. The van der Waals surface area contributed by atoms with E-state index in [0.29, 0.717) is 63.9 Å². The maximum Gasteiger partial charge on any atom is 0.305 e. The summed E-state index contributed by atoms with van der Waals surface area (Å²) in [5.41, 5.74) is 3.14. The van der Waals surface area contributed by atoms with Crippen molar-refractivity contribution in [3.8, 4) is 5.75 Å². The lowest BCUT2D eigenvalue weighted by Crippen LogP contribution is -2.58. The SMILES string of the molecule is COC(=O)CCCOCCOCCOCCCCCCOc1ccc(C(C)Nc2cccc(NC3(C(=N)NC(=N)c4ccncc4)CCN(C)CC3)c2)cc1. The number of aromatic nitrogens is 1. The highest BCUT2D eigenvalue weighted by atomic mass is 16.5. The zero-order valence-corrected chi connectivity index (χ0v) is 32.9. The molecule has 0 amide bonds. The van der Waals surface area contributed by atoms with Crippen molar-refractivity contribution in [2.75, 3.05) is 84.1 Å². The molecule has 0 spiro atoms. The molecule has 1 aliphatic heterocycles. The van der Waals surface area contributed by atoms with E-state index in [1.54, 1.807) is 24.5 Å². The van der Waals surface area contributed by atoms with Crippen molar-refractivity contribution >= 4 is 29.0 Å². The number of rotatable bonds is 25.